The van der Waals surface area contributed by atoms with Crippen LogP contribution in [0.5, 0.6) is 5.75 Å². The van der Waals surface area contributed by atoms with Crippen LogP contribution in [-0.4, -0.2) is 22.8 Å². The second kappa shape index (κ2) is 8.25. The largest absolute Gasteiger partial charge is 0.481 e. The third-order valence-electron chi connectivity index (χ3n) is 3.12. The predicted octanol–water partition coefficient (Wildman–Crippen LogP) is 2.59. The smallest absolute Gasteiger partial charge is 0.279 e. The van der Waals surface area contributed by atoms with E-state index in [0.29, 0.717) is 5.75 Å². The number of rotatable bonds is 5. The van der Waals surface area contributed by atoms with Crippen LogP contribution in [-0.2, 0) is 4.79 Å². The lowest BCUT2D eigenvalue weighted by Gasteiger charge is -2.15. The van der Waals surface area contributed by atoms with Crippen LogP contribution in [0.4, 0.5) is 5.69 Å². The lowest BCUT2D eigenvalue weighted by Crippen LogP contribution is -2.47. The van der Waals surface area contributed by atoms with E-state index in [0.717, 1.165) is 4.47 Å². The van der Waals surface area contributed by atoms with Crippen molar-refractivity contribution in [2.24, 2.45) is 0 Å². The molecule has 8 nitrogen and oxygen atoms in total. The van der Waals surface area contributed by atoms with E-state index in [1.54, 1.807) is 18.2 Å². The van der Waals surface area contributed by atoms with Crippen LogP contribution < -0.4 is 15.6 Å². The Balaban J connectivity index is 1.87. The summed E-state index contributed by atoms with van der Waals surface area (Å²) in [6.07, 6.45) is -0.841. The van der Waals surface area contributed by atoms with E-state index >= 15 is 0 Å². The molecule has 25 heavy (non-hydrogen) atoms. The van der Waals surface area contributed by atoms with E-state index in [1.807, 2.05) is 6.07 Å². The summed E-state index contributed by atoms with van der Waals surface area (Å²) >= 11 is 3.30. The third kappa shape index (κ3) is 5.28. The molecule has 0 aliphatic rings. The van der Waals surface area contributed by atoms with Gasteiger partial charge in [-0.25, -0.2) is 0 Å². The van der Waals surface area contributed by atoms with Crippen LogP contribution in [0.15, 0.2) is 53.0 Å². The standard InChI is InChI=1S/C16H14BrN3O5/c1-10(25-14-4-2-3-12(17)9-14)15(21)18-19-16(22)11-5-7-13(8-6-11)20(23)24/h2-10H,1H3,(H,18,21)(H,19,22). The number of carbonyl (C=O) groups is 2. The van der Waals surface area contributed by atoms with Crippen molar-refractivity contribution in [1.29, 1.82) is 0 Å². The summed E-state index contributed by atoms with van der Waals surface area (Å²) in [5.74, 6) is -0.646. The maximum atomic E-state index is 12.0. The van der Waals surface area contributed by atoms with Crippen LogP contribution in [0.1, 0.15) is 17.3 Å². The Labute approximate surface area is 151 Å². The highest BCUT2D eigenvalue weighted by atomic mass is 79.9. The van der Waals surface area contributed by atoms with Crippen LogP contribution in [0.2, 0.25) is 0 Å². The molecule has 0 fully saturated rings. The molecule has 9 heteroatoms. The summed E-state index contributed by atoms with van der Waals surface area (Å²) in [7, 11) is 0. The molecular formula is C16H14BrN3O5. The number of nitro groups is 1. The van der Waals surface area contributed by atoms with Crippen molar-refractivity contribution in [3.63, 3.8) is 0 Å². The number of nitrogens with zero attached hydrogens (tertiary/aromatic N) is 1. The third-order valence-corrected chi connectivity index (χ3v) is 3.61. The highest BCUT2D eigenvalue weighted by Gasteiger charge is 2.16. The van der Waals surface area contributed by atoms with E-state index in [9.17, 15) is 19.7 Å². The van der Waals surface area contributed by atoms with E-state index in [-0.39, 0.29) is 11.3 Å². The van der Waals surface area contributed by atoms with Gasteiger partial charge in [-0.1, -0.05) is 22.0 Å². The number of halogens is 1. The maximum absolute atomic E-state index is 12.0. The number of benzene rings is 2. The first kappa shape index (κ1) is 18.4. The number of carbonyl (C=O) groups excluding carboxylic acids is 2. The van der Waals surface area contributed by atoms with E-state index in [1.165, 1.54) is 31.2 Å². The van der Waals surface area contributed by atoms with Gasteiger partial charge in [0.2, 0.25) is 0 Å². The molecule has 0 aliphatic heterocycles. The first-order valence-corrected chi connectivity index (χ1v) is 7.93. The van der Waals surface area contributed by atoms with Crippen molar-refractivity contribution < 1.29 is 19.2 Å². The van der Waals surface area contributed by atoms with Crippen molar-refractivity contribution in [2.75, 3.05) is 0 Å². The van der Waals surface area contributed by atoms with Gasteiger partial charge in [0, 0.05) is 22.2 Å². The van der Waals surface area contributed by atoms with Gasteiger partial charge in [-0.05, 0) is 37.3 Å². The average molecular weight is 408 g/mol. The zero-order valence-corrected chi connectivity index (χ0v) is 14.6. The number of nitro benzene ring substituents is 1. The molecule has 1 atom stereocenters. The molecule has 0 spiro atoms. The number of hydrazine groups is 1. The summed E-state index contributed by atoms with van der Waals surface area (Å²) in [6, 6.07) is 12.0. The van der Waals surface area contributed by atoms with Crippen LogP contribution in [0.3, 0.4) is 0 Å². The van der Waals surface area contributed by atoms with Crippen molar-refractivity contribution in [2.45, 2.75) is 13.0 Å². The Morgan fingerprint density at radius 2 is 1.84 bits per heavy atom. The maximum Gasteiger partial charge on any atom is 0.279 e. The highest BCUT2D eigenvalue weighted by Crippen LogP contribution is 2.18. The summed E-state index contributed by atoms with van der Waals surface area (Å²) in [5, 5.41) is 10.6. The number of nitrogens with one attached hydrogen (secondary N) is 2. The van der Waals surface area contributed by atoms with Gasteiger partial charge in [0.05, 0.1) is 4.92 Å². The molecule has 2 aromatic carbocycles. The van der Waals surface area contributed by atoms with Gasteiger partial charge in [-0.3, -0.25) is 30.6 Å². The van der Waals surface area contributed by atoms with Gasteiger partial charge in [0.25, 0.3) is 17.5 Å². The molecule has 0 radical (unpaired) electrons. The highest BCUT2D eigenvalue weighted by molar-refractivity contribution is 9.10. The summed E-state index contributed by atoms with van der Waals surface area (Å²) in [6.45, 7) is 1.54. The Hall–Kier alpha value is -2.94. The quantitative estimate of drug-likeness (QED) is 0.584. The second-order valence-corrected chi connectivity index (χ2v) is 5.88. The fraction of sp³-hybridized carbons (Fsp3) is 0.125. The summed E-state index contributed by atoms with van der Waals surface area (Å²) in [5.41, 5.74) is 4.52. The molecule has 2 aromatic rings. The van der Waals surface area contributed by atoms with Gasteiger partial charge in [-0.15, -0.1) is 0 Å². The van der Waals surface area contributed by atoms with Crippen molar-refractivity contribution in [1.82, 2.24) is 10.9 Å². The molecule has 2 rings (SSSR count). The van der Waals surface area contributed by atoms with Crippen LogP contribution in [0, 0.1) is 10.1 Å². The number of hydrogen-bond donors (Lipinski definition) is 2. The second-order valence-electron chi connectivity index (χ2n) is 4.96. The molecule has 0 saturated heterocycles. The lowest BCUT2D eigenvalue weighted by atomic mass is 10.2. The van der Waals surface area contributed by atoms with Crippen molar-refractivity contribution in [3.05, 3.63) is 68.7 Å². The minimum Gasteiger partial charge on any atom is -0.481 e. The Morgan fingerprint density at radius 3 is 2.44 bits per heavy atom. The number of hydrogen-bond acceptors (Lipinski definition) is 5. The minimum absolute atomic E-state index is 0.128. The van der Waals surface area contributed by atoms with Gasteiger partial charge in [0.1, 0.15) is 5.75 Å². The molecule has 2 N–H and O–H groups in total. The fourth-order valence-electron chi connectivity index (χ4n) is 1.82. The molecular weight excluding hydrogens is 394 g/mol. The molecule has 0 saturated carbocycles. The molecule has 2 amide bonds. The zero-order chi connectivity index (χ0) is 18.4. The Morgan fingerprint density at radius 1 is 1.16 bits per heavy atom. The Bertz CT molecular complexity index is 795. The van der Waals surface area contributed by atoms with Crippen LogP contribution in [0.25, 0.3) is 0 Å². The average Bonchev–Trinajstić information content (AvgIpc) is 2.59. The Kier molecular flexibility index (Phi) is 6.07. The SMILES string of the molecule is CC(Oc1cccc(Br)c1)C(=O)NNC(=O)c1ccc([N+](=O)[O-])cc1. The lowest BCUT2D eigenvalue weighted by molar-refractivity contribution is -0.384. The predicted molar refractivity (Wildman–Crippen MR) is 92.9 cm³/mol. The van der Waals surface area contributed by atoms with E-state index in [4.69, 9.17) is 4.74 Å². The number of non-ortho nitro benzene ring substituents is 1. The van der Waals surface area contributed by atoms with Gasteiger partial charge >= 0.3 is 0 Å². The summed E-state index contributed by atoms with van der Waals surface area (Å²) < 4.78 is 6.28. The zero-order valence-electron chi connectivity index (χ0n) is 13.1. The normalized spacial score (nSPS) is 11.3. The molecule has 130 valence electrons. The van der Waals surface area contributed by atoms with Crippen molar-refractivity contribution in [3.8, 4) is 5.75 Å². The van der Waals surface area contributed by atoms with Gasteiger partial charge in [0.15, 0.2) is 6.10 Å². The first-order chi connectivity index (χ1) is 11.9. The van der Waals surface area contributed by atoms with Gasteiger partial charge < -0.3 is 4.74 Å². The van der Waals surface area contributed by atoms with E-state index < -0.39 is 22.8 Å². The summed E-state index contributed by atoms with van der Waals surface area (Å²) in [4.78, 5) is 33.9. The topological polar surface area (TPSA) is 111 Å². The molecule has 0 heterocycles. The van der Waals surface area contributed by atoms with Crippen molar-refractivity contribution >= 4 is 33.4 Å². The molecule has 0 aromatic heterocycles. The minimum atomic E-state index is -0.841. The molecule has 0 bridgehead atoms. The molecule has 0 aliphatic carbocycles. The van der Waals surface area contributed by atoms with Crippen LogP contribution >= 0.6 is 15.9 Å². The van der Waals surface area contributed by atoms with E-state index in [2.05, 4.69) is 26.8 Å². The first-order valence-electron chi connectivity index (χ1n) is 7.13. The number of amides is 2. The molecule has 1 unspecified atom stereocenters. The fourth-order valence-corrected chi connectivity index (χ4v) is 2.20. The van der Waals surface area contributed by atoms with Gasteiger partial charge in [-0.2, -0.15) is 0 Å². The monoisotopic (exact) mass is 407 g/mol. The number of ether oxygens (including phenoxy) is 1.